The van der Waals surface area contributed by atoms with Gasteiger partial charge in [0, 0.05) is 24.5 Å². The fourth-order valence-electron chi connectivity index (χ4n) is 1.99. The minimum Gasteiger partial charge on any atom is -0.345 e. The maximum Gasteiger partial charge on any atom is 0.123 e. The minimum atomic E-state index is -0.221. The van der Waals surface area contributed by atoms with Crippen LogP contribution in [0.2, 0.25) is 0 Å². The lowest BCUT2D eigenvalue weighted by atomic mass is 10.1. The van der Waals surface area contributed by atoms with Crippen LogP contribution in [0, 0.1) is 5.82 Å². The molecule has 0 saturated carbocycles. The van der Waals surface area contributed by atoms with E-state index >= 15 is 0 Å². The predicted molar refractivity (Wildman–Crippen MR) is 78.1 cm³/mol. The molecule has 2 nitrogen and oxygen atoms in total. The second-order valence-corrected chi connectivity index (χ2v) is 4.64. The number of halogens is 1. The number of benzene rings is 2. The van der Waals surface area contributed by atoms with Gasteiger partial charge in [-0.15, -0.1) is 0 Å². The summed E-state index contributed by atoms with van der Waals surface area (Å²) in [5.74, 6) is -0.221. The first-order valence-corrected chi connectivity index (χ1v) is 6.46. The standard InChI is InChI=1S/C16H19FN2/c1-3-16(18)12-4-8-14(9-5-12)19(2)15-10-6-13(17)7-11-15/h4-11,16H,3,18H2,1-2H3. The van der Waals surface area contributed by atoms with E-state index in [2.05, 4.69) is 6.92 Å². The number of nitrogens with two attached hydrogens (primary N) is 1. The van der Waals surface area contributed by atoms with Crippen LogP contribution in [0.1, 0.15) is 24.9 Å². The summed E-state index contributed by atoms with van der Waals surface area (Å²) < 4.78 is 12.9. The Hall–Kier alpha value is -1.87. The Morgan fingerprint density at radius 1 is 1.00 bits per heavy atom. The van der Waals surface area contributed by atoms with Gasteiger partial charge in [0.25, 0.3) is 0 Å². The second kappa shape index (κ2) is 5.85. The van der Waals surface area contributed by atoms with Crippen molar-refractivity contribution < 1.29 is 4.39 Å². The van der Waals surface area contributed by atoms with Gasteiger partial charge in [-0.25, -0.2) is 4.39 Å². The molecule has 0 bridgehead atoms. The van der Waals surface area contributed by atoms with E-state index < -0.39 is 0 Å². The summed E-state index contributed by atoms with van der Waals surface area (Å²) in [7, 11) is 1.96. The molecule has 0 saturated heterocycles. The van der Waals surface area contributed by atoms with Gasteiger partial charge in [0.05, 0.1) is 0 Å². The Kier molecular flexibility index (Phi) is 4.17. The molecule has 3 heteroatoms. The molecular weight excluding hydrogens is 239 g/mol. The highest BCUT2D eigenvalue weighted by Crippen LogP contribution is 2.25. The van der Waals surface area contributed by atoms with Crippen molar-refractivity contribution in [1.82, 2.24) is 0 Å². The van der Waals surface area contributed by atoms with Gasteiger partial charge in [-0.2, -0.15) is 0 Å². The molecule has 1 unspecified atom stereocenters. The fourth-order valence-corrected chi connectivity index (χ4v) is 1.99. The summed E-state index contributed by atoms with van der Waals surface area (Å²) in [5.41, 5.74) is 9.14. The molecule has 2 aromatic carbocycles. The van der Waals surface area contributed by atoms with Crippen molar-refractivity contribution in [3.8, 4) is 0 Å². The molecule has 0 aromatic heterocycles. The molecule has 0 fully saturated rings. The summed E-state index contributed by atoms with van der Waals surface area (Å²) in [6, 6.07) is 14.7. The van der Waals surface area contributed by atoms with E-state index in [4.69, 9.17) is 5.73 Å². The average Bonchev–Trinajstić information content (AvgIpc) is 2.46. The highest BCUT2D eigenvalue weighted by atomic mass is 19.1. The van der Waals surface area contributed by atoms with E-state index in [-0.39, 0.29) is 11.9 Å². The van der Waals surface area contributed by atoms with Crippen molar-refractivity contribution in [2.75, 3.05) is 11.9 Å². The Balaban J connectivity index is 2.19. The zero-order valence-electron chi connectivity index (χ0n) is 11.3. The van der Waals surface area contributed by atoms with Crippen molar-refractivity contribution in [2.24, 2.45) is 5.73 Å². The number of anilines is 2. The van der Waals surface area contributed by atoms with Crippen molar-refractivity contribution in [2.45, 2.75) is 19.4 Å². The van der Waals surface area contributed by atoms with Crippen molar-refractivity contribution in [1.29, 1.82) is 0 Å². The largest absolute Gasteiger partial charge is 0.345 e. The van der Waals surface area contributed by atoms with Gasteiger partial charge in [0.1, 0.15) is 5.82 Å². The van der Waals surface area contributed by atoms with Gasteiger partial charge in [-0.05, 0) is 48.4 Å². The van der Waals surface area contributed by atoms with Gasteiger partial charge in [0.2, 0.25) is 0 Å². The number of hydrogen-bond donors (Lipinski definition) is 1. The zero-order valence-corrected chi connectivity index (χ0v) is 11.3. The number of hydrogen-bond acceptors (Lipinski definition) is 2. The van der Waals surface area contributed by atoms with Crippen molar-refractivity contribution >= 4 is 11.4 Å². The van der Waals surface area contributed by atoms with Gasteiger partial charge in [-0.1, -0.05) is 19.1 Å². The molecule has 0 aliphatic carbocycles. The Morgan fingerprint density at radius 2 is 1.47 bits per heavy atom. The van der Waals surface area contributed by atoms with E-state index in [1.807, 2.05) is 36.2 Å². The molecule has 2 rings (SSSR count). The van der Waals surface area contributed by atoms with E-state index in [1.54, 1.807) is 12.1 Å². The zero-order chi connectivity index (χ0) is 13.8. The highest BCUT2D eigenvalue weighted by molar-refractivity contribution is 5.62. The van der Waals surface area contributed by atoms with Crippen LogP contribution in [0.25, 0.3) is 0 Å². The SMILES string of the molecule is CCC(N)c1ccc(N(C)c2ccc(F)cc2)cc1. The molecule has 100 valence electrons. The quantitative estimate of drug-likeness (QED) is 0.898. The van der Waals surface area contributed by atoms with Crippen LogP contribution in [-0.2, 0) is 0 Å². The topological polar surface area (TPSA) is 29.3 Å². The normalized spacial score (nSPS) is 12.2. The lowest BCUT2D eigenvalue weighted by Gasteiger charge is -2.20. The molecule has 0 amide bonds. The summed E-state index contributed by atoms with van der Waals surface area (Å²) >= 11 is 0. The lowest BCUT2D eigenvalue weighted by Crippen LogP contribution is -2.11. The lowest BCUT2D eigenvalue weighted by molar-refractivity contribution is 0.628. The molecular formula is C16H19FN2. The third kappa shape index (κ3) is 3.12. The van der Waals surface area contributed by atoms with Crippen molar-refractivity contribution in [3.63, 3.8) is 0 Å². The third-order valence-corrected chi connectivity index (χ3v) is 3.36. The van der Waals surface area contributed by atoms with Crippen LogP contribution in [0.4, 0.5) is 15.8 Å². The molecule has 0 heterocycles. The second-order valence-electron chi connectivity index (χ2n) is 4.64. The predicted octanol–water partition coefficient (Wildman–Crippen LogP) is 4.00. The molecule has 2 aromatic rings. The van der Waals surface area contributed by atoms with Gasteiger partial charge in [-0.3, -0.25) is 0 Å². The van der Waals surface area contributed by atoms with Crippen LogP contribution in [0.15, 0.2) is 48.5 Å². The first kappa shape index (κ1) is 13.6. The Labute approximate surface area is 113 Å². The maximum atomic E-state index is 12.9. The first-order chi connectivity index (χ1) is 9.11. The van der Waals surface area contributed by atoms with Crippen LogP contribution in [0.3, 0.4) is 0 Å². The molecule has 1 atom stereocenters. The molecule has 19 heavy (non-hydrogen) atoms. The summed E-state index contributed by atoms with van der Waals surface area (Å²) in [5, 5.41) is 0. The van der Waals surface area contributed by atoms with E-state index in [1.165, 1.54) is 12.1 Å². The van der Waals surface area contributed by atoms with Crippen molar-refractivity contribution in [3.05, 3.63) is 59.9 Å². The summed E-state index contributed by atoms with van der Waals surface area (Å²) in [6.07, 6.45) is 0.924. The molecule has 0 aliphatic heterocycles. The van der Waals surface area contributed by atoms with E-state index in [0.717, 1.165) is 23.4 Å². The molecule has 0 aliphatic rings. The summed E-state index contributed by atoms with van der Waals surface area (Å²) in [4.78, 5) is 2.01. The van der Waals surface area contributed by atoms with E-state index in [9.17, 15) is 4.39 Å². The first-order valence-electron chi connectivity index (χ1n) is 6.46. The molecule has 0 spiro atoms. The van der Waals surface area contributed by atoms with Crippen LogP contribution in [-0.4, -0.2) is 7.05 Å². The van der Waals surface area contributed by atoms with E-state index in [0.29, 0.717) is 0 Å². The fraction of sp³-hybridized carbons (Fsp3) is 0.250. The smallest absolute Gasteiger partial charge is 0.123 e. The highest BCUT2D eigenvalue weighted by Gasteiger charge is 2.06. The molecule has 2 N–H and O–H groups in total. The van der Waals surface area contributed by atoms with Crippen LogP contribution in [0.5, 0.6) is 0 Å². The maximum absolute atomic E-state index is 12.9. The van der Waals surface area contributed by atoms with Gasteiger partial charge in [0.15, 0.2) is 0 Å². The Morgan fingerprint density at radius 3 is 1.95 bits per heavy atom. The summed E-state index contributed by atoms with van der Waals surface area (Å²) in [6.45, 7) is 2.07. The van der Waals surface area contributed by atoms with Gasteiger partial charge < -0.3 is 10.6 Å². The Bertz CT molecular complexity index is 519. The van der Waals surface area contributed by atoms with Crippen LogP contribution < -0.4 is 10.6 Å². The number of nitrogens with zero attached hydrogens (tertiary/aromatic N) is 1. The molecule has 0 radical (unpaired) electrons. The minimum absolute atomic E-state index is 0.0881. The third-order valence-electron chi connectivity index (χ3n) is 3.36. The number of rotatable bonds is 4. The monoisotopic (exact) mass is 258 g/mol. The average molecular weight is 258 g/mol. The van der Waals surface area contributed by atoms with Gasteiger partial charge >= 0.3 is 0 Å². The van der Waals surface area contributed by atoms with Crippen LogP contribution >= 0.6 is 0 Å².